The summed E-state index contributed by atoms with van der Waals surface area (Å²) in [6.07, 6.45) is 7.67. The second-order valence-electron chi connectivity index (χ2n) is 3.63. The van der Waals surface area contributed by atoms with Gasteiger partial charge in [0, 0.05) is 17.7 Å². The molecular weight excluding hydrogens is 242 g/mol. The molecule has 0 saturated heterocycles. The Labute approximate surface area is 111 Å². The molecule has 2 aromatic rings. The van der Waals surface area contributed by atoms with Gasteiger partial charge in [0.25, 0.3) is 0 Å². The normalized spacial score (nSPS) is 9.94. The number of nitrogens with zero attached hydrogens (tertiary/aromatic N) is 3. The zero-order valence-electron chi connectivity index (χ0n) is 9.91. The third kappa shape index (κ3) is 3.57. The first-order valence-electron chi connectivity index (χ1n) is 5.65. The number of rotatable bonds is 5. The zero-order valence-corrected chi connectivity index (χ0v) is 10.7. The van der Waals surface area contributed by atoms with Crippen LogP contribution in [0.5, 0.6) is 0 Å². The smallest absolute Gasteiger partial charge is 0.152 e. The molecule has 90 valence electrons. The molecule has 0 aliphatic rings. The van der Waals surface area contributed by atoms with Crippen molar-refractivity contribution in [1.82, 2.24) is 15.2 Å². The van der Waals surface area contributed by atoms with Crippen LogP contribution in [0, 0.1) is 12.3 Å². The van der Waals surface area contributed by atoms with E-state index in [1.165, 1.54) is 0 Å². The Hall–Kier alpha value is -1.86. The maximum absolute atomic E-state index is 5.19. The summed E-state index contributed by atoms with van der Waals surface area (Å²) in [5.41, 5.74) is 1.92. The average molecular weight is 255 g/mol. The molecule has 1 aromatic carbocycles. The number of terminal acetylenes is 1. The highest BCUT2D eigenvalue weighted by Crippen LogP contribution is 2.14. The second kappa shape index (κ2) is 6.77. The summed E-state index contributed by atoms with van der Waals surface area (Å²) in [7, 11) is 0. The van der Waals surface area contributed by atoms with Crippen molar-refractivity contribution in [3.05, 3.63) is 42.4 Å². The van der Waals surface area contributed by atoms with Crippen molar-refractivity contribution in [2.75, 3.05) is 11.5 Å². The molecule has 0 aliphatic heterocycles. The first-order chi connectivity index (χ1) is 8.90. The monoisotopic (exact) mass is 255 g/mol. The highest BCUT2D eigenvalue weighted by Gasteiger charge is 2.02. The van der Waals surface area contributed by atoms with Gasteiger partial charge in [-0.3, -0.25) is 0 Å². The Morgan fingerprint density at radius 2 is 2.06 bits per heavy atom. The fraction of sp³-hybridized carbons (Fsp3) is 0.214. The lowest BCUT2D eigenvalue weighted by Crippen LogP contribution is -2.01. The summed E-state index contributed by atoms with van der Waals surface area (Å²) >= 11 is 1.71. The maximum Gasteiger partial charge on any atom is 0.152 e. The van der Waals surface area contributed by atoms with Gasteiger partial charge < -0.3 is 0 Å². The van der Waals surface area contributed by atoms with Crippen LogP contribution in [0.2, 0.25) is 0 Å². The Kier molecular flexibility index (Phi) is 4.74. The van der Waals surface area contributed by atoms with Crippen LogP contribution in [0.15, 0.2) is 36.5 Å². The van der Waals surface area contributed by atoms with E-state index >= 15 is 0 Å². The van der Waals surface area contributed by atoms with Crippen LogP contribution in [-0.2, 0) is 6.42 Å². The number of hydrogen-bond donors (Lipinski definition) is 0. The highest BCUT2D eigenvalue weighted by molar-refractivity contribution is 7.99. The molecule has 0 fully saturated rings. The summed E-state index contributed by atoms with van der Waals surface area (Å²) in [6.45, 7) is 0. The third-order valence-electron chi connectivity index (χ3n) is 2.33. The van der Waals surface area contributed by atoms with Crippen molar-refractivity contribution < 1.29 is 0 Å². The van der Waals surface area contributed by atoms with E-state index in [1.54, 1.807) is 18.0 Å². The van der Waals surface area contributed by atoms with Crippen molar-refractivity contribution in [2.24, 2.45) is 0 Å². The highest BCUT2D eigenvalue weighted by atomic mass is 32.2. The first-order valence-corrected chi connectivity index (χ1v) is 6.81. The van der Waals surface area contributed by atoms with E-state index in [0.717, 1.165) is 35.0 Å². The van der Waals surface area contributed by atoms with Crippen LogP contribution < -0.4 is 0 Å². The minimum absolute atomic E-state index is 0.728. The third-order valence-corrected chi connectivity index (χ3v) is 3.19. The standard InChI is InChI=1S/C14H13N3S/c1-2-9-18-10-8-14-16-13(11-15-17-14)12-6-4-3-5-7-12/h1,3-7,11H,8-10H2. The Morgan fingerprint density at radius 3 is 2.83 bits per heavy atom. The van der Waals surface area contributed by atoms with Crippen molar-refractivity contribution in [3.63, 3.8) is 0 Å². The summed E-state index contributed by atoms with van der Waals surface area (Å²) in [4.78, 5) is 4.50. The molecule has 0 atom stereocenters. The predicted octanol–water partition coefficient (Wildman–Crippen LogP) is 2.45. The summed E-state index contributed by atoms with van der Waals surface area (Å²) < 4.78 is 0. The van der Waals surface area contributed by atoms with Crippen molar-refractivity contribution in [1.29, 1.82) is 0 Å². The number of aromatic nitrogens is 3. The summed E-state index contributed by atoms with van der Waals surface area (Å²) in [5.74, 6) is 5.01. The van der Waals surface area contributed by atoms with E-state index in [9.17, 15) is 0 Å². The molecule has 0 saturated carbocycles. The topological polar surface area (TPSA) is 38.7 Å². The van der Waals surface area contributed by atoms with Crippen molar-refractivity contribution in [3.8, 4) is 23.6 Å². The van der Waals surface area contributed by atoms with E-state index in [4.69, 9.17) is 6.42 Å². The molecule has 0 aliphatic carbocycles. The largest absolute Gasteiger partial charge is 0.229 e. The van der Waals surface area contributed by atoms with E-state index in [0.29, 0.717) is 0 Å². The number of aryl methyl sites for hydroxylation is 1. The molecule has 0 spiro atoms. The number of hydrogen-bond acceptors (Lipinski definition) is 4. The zero-order chi connectivity index (χ0) is 12.6. The summed E-state index contributed by atoms with van der Waals surface area (Å²) in [6, 6.07) is 9.98. The molecule has 1 heterocycles. The van der Waals surface area contributed by atoms with Gasteiger partial charge in [-0.05, 0) is 0 Å². The predicted molar refractivity (Wildman–Crippen MR) is 75.1 cm³/mol. The van der Waals surface area contributed by atoms with Crippen molar-refractivity contribution in [2.45, 2.75) is 6.42 Å². The van der Waals surface area contributed by atoms with Gasteiger partial charge in [-0.1, -0.05) is 36.3 Å². The molecule has 3 nitrogen and oxygen atoms in total. The Balaban J connectivity index is 2.04. The van der Waals surface area contributed by atoms with Gasteiger partial charge in [0.15, 0.2) is 5.82 Å². The van der Waals surface area contributed by atoms with E-state index in [1.807, 2.05) is 30.3 Å². The fourth-order valence-corrected chi connectivity index (χ4v) is 2.08. The fourth-order valence-electron chi connectivity index (χ4n) is 1.49. The van der Waals surface area contributed by atoms with Crippen LogP contribution in [0.25, 0.3) is 11.3 Å². The van der Waals surface area contributed by atoms with Gasteiger partial charge in [-0.25, -0.2) is 4.98 Å². The Morgan fingerprint density at radius 1 is 1.22 bits per heavy atom. The van der Waals surface area contributed by atoms with Gasteiger partial charge in [0.2, 0.25) is 0 Å². The molecular formula is C14H13N3S. The molecule has 0 amide bonds. The van der Waals surface area contributed by atoms with Crippen molar-refractivity contribution >= 4 is 11.8 Å². The lowest BCUT2D eigenvalue weighted by atomic mass is 10.2. The molecule has 2 rings (SSSR count). The quantitative estimate of drug-likeness (QED) is 0.607. The number of benzene rings is 1. The van der Waals surface area contributed by atoms with Gasteiger partial charge in [0.1, 0.15) is 0 Å². The minimum Gasteiger partial charge on any atom is -0.229 e. The molecule has 1 aromatic heterocycles. The summed E-state index contributed by atoms with van der Waals surface area (Å²) in [5, 5.41) is 8.03. The van der Waals surface area contributed by atoms with Crippen LogP contribution >= 0.6 is 11.8 Å². The molecule has 0 bridgehead atoms. The van der Waals surface area contributed by atoms with Gasteiger partial charge in [0.05, 0.1) is 17.6 Å². The van der Waals surface area contributed by atoms with Crippen LogP contribution in [-0.4, -0.2) is 26.7 Å². The van der Waals surface area contributed by atoms with Crippen LogP contribution in [0.1, 0.15) is 5.82 Å². The minimum atomic E-state index is 0.728. The van der Waals surface area contributed by atoms with Gasteiger partial charge in [-0.2, -0.15) is 5.10 Å². The Bertz CT molecular complexity index is 534. The van der Waals surface area contributed by atoms with Gasteiger partial charge >= 0.3 is 0 Å². The molecule has 0 unspecified atom stereocenters. The van der Waals surface area contributed by atoms with Gasteiger partial charge in [-0.15, -0.1) is 23.3 Å². The van der Waals surface area contributed by atoms with E-state index in [-0.39, 0.29) is 0 Å². The first kappa shape index (κ1) is 12.6. The van der Waals surface area contributed by atoms with Crippen LogP contribution in [0.3, 0.4) is 0 Å². The lowest BCUT2D eigenvalue weighted by Gasteiger charge is -2.02. The number of thioether (sulfide) groups is 1. The average Bonchev–Trinajstić information content (AvgIpc) is 2.45. The lowest BCUT2D eigenvalue weighted by molar-refractivity contribution is 0.856. The molecule has 18 heavy (non-hydrogen) atoms. The van der Waals surface area contributed by atoms with E-state index < -0.39 is 0 Å². The van der Waals surface area contributed by atoms with Crippen LogP contribution in [0.4, 0.5) is 0 Å². The maximum atomic E-state index is 5.19. The molecule has 0 N–H and O–H groups in total. The second-order valence-corrected chi connectivity index (χ2v) is 4.74. The SMILES string of the molecule is C#CCSCCc1nncc(-c2ccccc2)n1. The van der Waals surface area contributed by atoms with E-state index in [2.05, 4.69) is 21.1 Å². The molecule has 0 radical (unpaired) electrons. The molecule has 4 heteroatoms.